The van der Waals surface area contributed by atoms with Gasteiger partial charge in [0, 0.05) is 18.0 Å². The third-order valence-corrected chi connectivity index (χ3v) is 3.77. The molecule has 2 aliphatic rings. The lowest BCUT2D eigenvalue weighted by atomic mass is 9.91. The van der Waals surface area contributed by atoms with E-state index in [1.807, 2.05) is 0 Å². The van der Waals surface area contributed by atoms with Gasteiger partial charge in [-0.25, -0.2) is 0 Å². The molecule has 14 heavy (non-hydrogen) atoms. The highest BCUT2D eigenvalue weighted by molar-refractivity contribution is 5.24. The van der Waals surface area contributed by atoms with E-state index in [-0.39, 0.29) is 0 Å². The van der Waals surface area contributed by atoms with E-state index in [9.17, 15) is 0 Å². The van der Waals surface area contributed by atoms with Gasteiger partial charge in [0.1, 0.15) is 0 Å². The van der Waals surface area contributed by atoms with Crippen LogP contribution in [0.5, 0.6) is 0 Å². The summed E-state index contributed by atoms with van der Waals surface area (Å²) in [7, 11) is 0. The van der Waals surface area contributed by atoms with Gasteiger partial charge in [0.15, 0.2) is 0 Å². The largest absolute Gasteiger partial charge is 0.311 e. The number of benzene rings is 1. The molecule has 2 bridgehead atoms. The number of nitrogens with one attached hydrogen (secondary N) is 1. The fourth-order valence-electron chi connectivity index (χ4n) is 3.10. The van der Waals surface area contributed by atoms with E-state index < -0.39 is 0 Å². The Hall–Kier alpha value is -0.820. The lowest BCUT2D eigenvalue weighted by Crippen LogP contribution is -2.34. The van der Waals surface area contributed by atoms with Crippen molar-refractivity contribution in [2.75, 3.05) is 0 Å². The van der Waals surface area contributed by atoms with E-state index in [1.54, 1.807) is 0 Å². The molecule has 0 aliphatic carbocycles. The van der Waals surface area contributed by atoms with Gasteiger partial charge in [-0.15, -0.1) is 0 Å². The molecule has 0 saturated carbocycles. The van der Waals surface area contributed by atoms with E-state index in [0.29, 0.717) is 0 Å². The van der Waals surface area contributed by atoms with Crippen LogP contribution in [0.3, 0.4) is 0 Å². The van der Waals surface area contributed by atoms with Crippen LogP contribution < -0.4 is 5.32 Å². The van der Waals surface area contributed by atoms with Crippen molar-refractivity contribution in [2.24, 2.45) is 0 Å². The second kappa shape index (κ2) is 3.39. The minimum absolute atomic E-state index is 0.760. The molecule has 0 spiro atoms. The summed E-state index contributed by atoms with van der Waals surface area (Å²) in [5.41, 5.74) is 1.54. The van der Waals surface area contributed by atoms with Crippen LogP contribution in [0.25, 0.3) is 0 Å². The normalized spacial score (nSPS) is 35.9. The third kappa shape index (κ3) is 1.36. The van der Waals surface area contributed by atoms with Gasteiger partial charge >= 0.3 is 0 Å². The molecule has 0 amide bonds. The van der Waals surface area contributed by atoms with Crippen molar-refractivity contribution in [2.45, 2.75) is 43.7 Å². The van der Waals surface area contributed by atoms with Crippen LogP contribution in [0, 0.1) is 0 Å². The topological polar surface area (TPSA) is 12.0 Å². The number of hydrogen-bond donors (Lipinski definition) is 1. The zero-order valence-electron chi connectivity index (χ0n) is 8.45. The van der Waals surface area contributed by atoms with Gasteiger partial charge in [-0.05, 0) is 24.8 Å². The van der Waals surface area contributed by atoms with Crippen LogP contribution in [0.1, 0.15) is 37.2 Å². The summed E-state index contributed by atoms with van der Waals surface area (Å²) >= 11 is 0. The average molecular weight is 187 g/mol. The van der Waals surface area contributed by atoms with Gasteiger partial charge in [-0.3, -0.25) is 0 Å². The quantitative estimate of drug-likeness (QED) is 0.712. The standard InChI is InChI=1S/C13H17N/c1-2-5-10(6-3-1)12-9-11-7-4-8-13(12)14-11/h1-3,5-6,11-14H,4,7-9H2. The van der Waals surface area contributed by atoms with E-state index in [2.05, 4.69) is 35.6 Å². The zero-order valence-corrected chi connectivity index (χ0v) is 8.45. The molecule has 1 aromatic rings. The van der Waals surface area contributed by atoms with Crippen LogP contribution in [-0.4, -0.2) is 12.1 Å². The molecular formula is C13H17N. The van der Waals surface area contributed by atoms with Crippen molar-refractivity contribution in [3.05, 3.63) is 35.9 Å². The number of hydrogen-bond acceptors (Lipinski definition) is 1. The fraction of sp³-hybridized carbons (Fsp3) is 0.538. The van der Waals surface area contributed by atoms with Crippen molar-refractivity contribution in [1.29, 1.82) is 0 Å². The Balaban J connectivity index is 1.86. The molecule has 3 rings (SSSR count). The number of piperidine rings is 1. The first-order valence-electron chi connectivity index (χ1n) is 5.74. The molecule has 74 valence electrons. The highest BCUT2D eigenvalue weighted by atomic mass is 15.0. The highest BCUT2D eigenvalue weighted by Gasteiger charge is 2.36. The molecule has 0 aromatic heterocycles. The smallest absolute Gasteiger partial charge is 0.0139 e. The van der Waals surface area contributed by atoms with Gasteiger partial charge in [0.2, 0.25) is 0 Å². The maximum absolute atomic E-state index is 3.74. The van der Waals surface area contributed by atoms with Crippen LogP contribution in [0.2, 0.25) is 0 Å². The molecule has 2 saturated heterocycles. The third-order valence-electron chi connectivity index (χ3n) is 3.77. The molecule has 2 aliphatic heterocycles. The monoisotopic (exact) mass is 187 g/mol. The molecule has 0 radical (unpaired) electrons. The Bertz CT molecular complexity index is 306. The Morgan fingerprint density at radius 3 is 2.71 bits per heavy atom. The lowest BCUT2D eigenvalue weighted by Gasteiger charge is -2.22. The summed E-state index contributed by atoms with van der Waals surface area (Å²) < 4.78 is 0. The van der Waals surface area contributed by atoms with Gasteiger partial charge in [-0.2, -0.15) is 0 Å². The van der Waals surface area contributed by atoms with Gasteiger partial charge < -0.3 is 5.32 Å². The van der Waals surface area contributed by atoms with Crippen molar-refractivity contribution in [1.82, 2.24) is 5.32 Å². The maximum Gasteiger partial charge on any atom is 0.0139 e. The first-order chi connectivity index (χ1) is 6.93. The van der Waals surface area contributed by atoms with Gasteiger partial charge in [0.25, 0.3) is 0 Å². The lowest BCUT2D eigenvalue weighted by molar-refractivity contribution is 0.398. The first kappa shape index (κ1) is 8.49. The Labute approximate surface area is 85.5 Å². The van der Waals surface area contributed by atoms with Gasteiger partial charge in [0.05, 0.1) is 0 Å². The summed E-state index contributed by atoms with van der Waals surface area (Å²) in [4.78, 5) is 0. The van der Waals surface area contributed by atoms with E-state index in [0.717, 1.165) is 18.0 Å². The molecule has 1 heteroatoms. The summed E-state index contributed by atoms with van der Waals surface area (Å²) in [6.45, 7) is 0. The number of rotatable bonds is 1. The first-order valence-corrected chi connectivity index (χ1v) is 5.74. The Morgan fingerprint density at radius 1 is 1.07 bits per heavy atom. The van der Waals surface area contributed by atoms with E-state index >= 15 is 0 Å². The predicted molar refractivity (Wildman–Crippen MR) is 58.4 cm³/mol. The fourth-order valence-corrected chi connectivity index (χ4v) is 3.10. The molecule has 1 aromatic carbocycles. The summed E-state index contributed by atoms with van der Waals surface area (Å²) in [6.07, 6.45) is 5.54. The Morgan fingerprint density at radius 2 is 1.93 bits per heavy atom. The summed E-state index contributed by atoms with van der Waals surface area (Å²) in [5.74, 6) is 0.781. The molecule has 1 nitrogen and oxygen atoms in total. The minimum Gasteiger partial charge on any atom is -0.311 e. The van der Waals surface area contributed by atoms with Crippen molar-refractivity contribution < 1.29 is 0 Å². The van der Waals surface area contributed by atoms with Crippen LogP contribution >= 0.6 is 0 Å². The van der Waals surface area contributed by atoms with Crippen molar-refractivity contribution in [3.63, 3.8) is 0 Å². The summed E-state index contributed by atoms with van der Waals surface area (Å²) in [5, 5.41) is 3.74. The van der Waals surface area contributed by atoms with E-state index in [1.165, 1.54) is 31.2 Å². The minimum atomic E-state index is 0.760. The number of fused-ring (bicyclic) bond motifs is 2. The molecular weight excluding hydrogens is 170 g/mol. The van der Waals surface area contributed by atoms with Crippen LogP contribution in [-0.2, 0) is 0 Å². The SMILES string of the molecule is c1ccc(C2CC3CCCC2N3)cc1. The van der Waals surface area contributed by atoms with Crippen molar-refractivity contribution >= 4 is 0 Å². The van der Waals surface area contributed by atoms with E-state index in [4.69, 9.17) is 0 Å². The second-order valence-corrected chi connectivity index (χ2v) is 4.65. The van der Waals surface area contributed by atoms with Gasteiger partial charge in [-0.1, -0.05) is 36.8 Å². The van der Waals surface area contributed by atoms with Crippen molar-refractivity contribution in [3.8, 4) is 0 Å². The highest BCUT2D eigenvalue weighted by Crippen LogP contribution is 2.38. The molecule has 3 atom stereocenters. The molecule has 3 unspecified atom stereocenters. The zero-order chi connectivity index (χ0) is 9.38. The second-order valence-electron chi connectivity index (χ2n) is 4.65. The molecule has 2 heterocycles. The maximum atomic E-state index is 3.74. The van der Waals surface area contributed by atoms with Crippen LogP contribution in [0.15, 0.2) is 30.3 Å². The van der Waals surface area contributed by atoms with Crippen LogP contribution in [0.4, 0.5) is 0 Å². The Kier molecular flexibility index (Phi) is 2.06. The summed E-state index contributed by atoms with van der Waals surface area (Å²) in [6, 6.07) is 12.6. The molecule has 1 N–H and O–H groups in total. The predicted octanol–water partition coefficient (Wildman–Crippen LogP) is 2.68. The molecule has 2 fully saturated rings. The average Bonchev–Trinajstić information content (AvgIpc) is 2.55.